The first kappa shape index (κ1) is 36.3. The molecule has 3 aliphatic rings. The number of carboxylic acids is 1. The minimum absolute atomic E-state index is 0.0520. The van der Waals surface area contributed by atoms with E-state index < -0.39 is 5.97 Å². The van der Waals surface area contributed by atoms with Crippen LogP contribution in [-0.2, 0) is 24.2 Å². The van der Waals surface area contributed by atoms with E-state index in [4.69, 9.17) is 9.84 Å². The van der Waals surface area contributed by atoms with Crippen molar-refractivity contribution in [2.24, 2.45) is 10.8 Å². The molecule has 1 amide bonds. The van der Waals surface area contributed by atoms with Crippen molar-refractivity contribution >= 4 is 44.4 Å². The maximum absolute atomic E-state index is 15.1. The lowest BCUT2D eigenvalue weighted by Gasteiger charge is -2.58. The monoisotopic (exact) mass is 750 g/mol. The number of aromatic carboxylic acids is 1. The Hall–Kier alpha value is -4.68. The first-order valence-corrected chi connectivity index (χ1v) is 19.8. The third-order valence-corrected chi connectivity index (χ3v) is 13.2. The number of para-hydroxylation sites is 1. The zero-order valence-electron chi connectivity index (χ0n) is 31.4. The number of nitrogens with zero attached hydrogens (tertiary/aromatic N) is 5. The van der Waals surface area contributed by atoms with Crippen LogP contribution in [0.5, 0.6) is 0 Å². The highest BCUT2D eigenvalue weighted by Crippen LogP contribution is 2.61. The summed E-state index contributed by atoms with van der Waals surface area (Å²) >= 11 is 1.37. The molecule has 2 aliphatic carbocycles. The van der Waals surface area contributed by atoms with Crippen molar-refractivity contribution in [2.75, 3.05) is 23.9 Å². The van der Waals surface area contributed by atoms with Crippen molar-refractivity contribution < 1.29 is 23.8 Å². The van der Waals surface area contributed by atoms with E-state index in [2.05, 4.69) is 33.8 Å². The molecular formula is C42H47FN6O4S. The second-order valence-corrected chi connectivity index (χ2v) is 17.2. The van der Waals surface area contributed by atoms with Gasteiger partial charge in [-0.1, -0.05) is 50.2 Å². The Bertz CT molecular complexity index is 2240. The number of halogens is 1. The lowest BCUT2D eigenvalue weighted by molar-refractivity contribution is -0.152. The van der Waals surface area contributed by atoms with Crippen LogP contribution in [0, 0.1) is 23.6 Å². The maximum atomic E-state index is 15.1. The van der Waals surface area contributed by atoms with E-state index in [9.17, 15) is 14.7 Å². The molecule has 4 heterocycles. The Morgan fingerprint density at radius 3 is 2.65 bits per heavy atom. The van der Waals surface area contributed by atoms with Crippen LogP contribution in [0.25, 0.3) is 21.3 Å². The standard InChI is InChI=1S/C42H47FN6O4S/c1-5-16-42(53-4)23-40(3)17-8-18-41(22-40,24-42)25-49-26(2)30(20-44-49)28-12-14-35(46-36(28)38(51)52)48-19-15-27-31(21-48)29(11-13-32(27)43)37(50)47-39-45-33-9-6-7-10-34(33)54-39/h6-7,9-14,20H,5,8,15-19,21-25H2,1-4H3,(H,51,52)(H,45,47,50). The average molecular weight is 751 g/mol. The number of hydrogen-bond acceptors (Lipinski definition) is 8. The van der Waals surface area contributed by atoms with Crippen LogP contribution in [0.4, 0.5) is 15.3 Å². The molecule has 0 saturated heterocycles. The van der Waals surface area contributed by atoms with Gasteiger partial charge in [0.25, 0.3) is 5.91 Å². The molecule has 5 aromatic rings. The van der Waals surface area contributed by atoms with Gasteiger partial charge in [-0.25, -0.2) is 19.2 Å². The van der Waals surface area contributed by atoms with E-state index in [-0.39, 0.29) is 40.4 Å². The smallest absolute Gasteiger partial charge is 0.355 e. The molecule has 10 nitrogen and oxygen atoms in total. The van der Waals surface area contributed by atoms with Crippen LogP contribution >= 0.6 is 11.3 Å². The summed E-state index contributed by atoms with van der Waals surface area (Å²) < 4.78 is 24.5. The summed E-state index contributed by atoms with van der Waals surface area (Å²) in [5.74, 6) is -1.44. The first-order valence-electron chi connectivity index (χ1n) is 19.0. The number of carboxylic acid groups (broad SMARTS) is 1. The van der Waals surface area contributed by atoms with Gasteiger partial charge in [0.1, 0.15) is 11.6 Å². The van der Waals surface area contributed by atoms with Gasteiger partial charge in [-0.05, 0) is 110 Å². The Morgan fingerprint density at radius 1 is 1.04 bits per heavy atom. The van der Waals surface area contributed by atoms with E-state index in [0.29, 0.717) is 46.2 Å². The number of hydrogen-bond donors (Lipinski definition) is 2. The van der Waals surface area contributed by atoms with Gasteiger partial charge in [-0.2, -0.15) is 5.10 Å². The van der Waals surface area contributed by atoms with E-state index in [1.807, 2.05) is 49.3 Å². The van der Waals surface area contributed by atoms with Gasteiger partial charge in [-0.15, -0.1) is 0 Å². The van der Waals surface area contributed by atoms with Crippen molar-refractivity contribution in [1.29, 1.82) is 0 Å². The Balaban J connectivity index is 1.06. The van der Waals surface area contributed by atoms with E-state index in [1.165, 1.54) is 36.3 Å². The van der Waals surface area contributed by atoms with Crippen molar-refractivity contribution in [1.82, 2.24) is 19.7 Å². The number of thiazole rings is 1. The molecule has 3 unspecified atom stereocenters. The summed E-state index contributed by atoms with van der Waals surface area (Å²) in [7, 11) is 1.87. The summed E-state index contributed by atoms with van der Waals surface area (Å²) in [6.07, 6.45) is 11.0. The van der Waals surface area contributed by atoms with Crippen LogP contribution in [0.1, 0.15) is 103 Å². The fraction of sp³-hybridized carbons (Fsp3) is 0.452. The highest BCUT2D eigenvalue weighted by atomic mass is 32.1. The number of carbonyl (C=O) groups is 2. The molecule has 12 heteroatoms. The number of fused-ring (bicyclic) bond motifs is 4. The quantitative estimate of drug-likeness (QED) is 0.145. The number of methoxy groups -OCH3 is 1. The number of rotatable bonds is 10. The molecule has 3 atom stereocenters. The molecule has 0 radical (unpaired) electrons. The van der Waals surface area contributed by atoms with Crippen LogP contribution < -0.4 is 10.2 Å². The normalized spacial score (nSPS) is 23.7. The fourth-order valence-electron chi connectivity index (χ4n) is 10.2. The number of amides is 1. The summed E-state index contributed by atoms with van der Waals surface area (Å²) in [5.41, 5.74) is 4.39. The predicted molar refractivity (Wildman–Crippen MR) is 209 cm³/mol. The highest BCUT2D eigenvalue weighted by Gasteiger charge is 2.55. The minimum atomic E-state index is -1.14. The topological polar surface area (TPSA) is 122 Å². The number of nitrogens with one attached hydrogen (secondary N) is 1. The zero-order valence-corrected chi connectivity index (χ0v) is 32.2. The van der Waals surface area contributed by atoms with Gasteiger partial charge < -0.3 is 14.7 Å². The van der Waals surface area contributed by atoms with E-state index in [1.54, 1.807) is 12.3 Å². The maximum Gasteiger partial charge on any atom is 0.355 e. The summed E-state index contributed by atoms with van der Waals surface area (Å²) in [6, 6.07) is 14.1. The second kappa shape index (κ2) is 13.9. The number of carbonyl (C=O) groups excluding carboxylic acids is 1. The van der Waals surface area contributed by atoms with Crippen molar-refractivity contribution in [2.45, 2.75) is 97.2 Å². The Labute approximate surface area is 318 Å². The van der Waals surface area contributed by atoms with Crippen LogP contribution in [0.2, 0.25) is 0 Å². The number of benzene rings is 2. The molecular weight excluding hydrogens is 704 g/mol. The largest absolute Gasteiger partial charge is 0.476 e. The van der Waals surface area contributed by atoms with Crippen molar-refractivity contribution in [3.8, 4) is 11.1 Å². The lowest BCUT2D eigenvalue weighted by Crippen LogP contribution is -2.53. The van der Waals surface area contributed by atoms with Crippen LogP contribution in [-0.4, -0.2) is 56.0 Å². The van der Waals surface area contributed by atoms with Crippen LogP contribution in [0.15, 0.2) is 54.7 Å². The first-order chi connectivity index (χ1) is 25.9. The second-order valence-electron chi connectivity index (χ2n) is 16.2. The molecule has 8 rings (SSSR count). The molecule has 0 spiro atoms. The van der Waals surface area contributed by atoms with Gasteiger partial charge in [0, 0.05) is 49.1 Å². The van der Waals surface area contributed by atoms with Gasteiger partial charge >= 0.3 is 5.97 Å². The summed E-state index contributed by atoms with van der Waals surface area (Å²) in [4.78, 5) is 37.5. The van der Waals surface area contributed by atoms with E-state index >= 15 is 4.39 Å². The molecule has 54 heavy (non-hydrogen) atoms. The van der Waals surface area contributed by atoms with Gasteiger partial charge in [0.2, 0.25) is 0 Å². The van der Waals surface area contributed by atoms with Gasteiger partial charge in [-0.3, -0.25) is 14.8 Å². The minimum Gasteiger partial charge on any atom is -0.476 e. The van der Waals surface area contributed by atoms with E-state index in [0.717, 1.165) is 66.5 Å². The third-order valence-electron chi connectivity index (χ3n) is 12.3. The predicted octanol–water partition coefficient (Wildman–Crippen LogP) is 9.06. The summed E-state index contributed by atoms with van der Waals surface area (Å²) in [5, 5.41) is 18.7. The van der Waals surface area contributed by atoms with Gasteiger partial charge in [0.15, 0.2) is 10.8 Å². The van der Waals surface area contributed by atoms with Crippen molar-refractivity contribution in [3.05, 3.63) is 88.6 Å². The number of ether oxygens (including phenoxy) is 1. The number of aromatic nitrogens is 4. The molecule has 2 N–H and O–H groups in total. The molecule has 2 aromatic carbocycles. The molecule has 3 aromatic heterocycles. The average Bonchev–Trinajstić information content (AvgIpc) is 3.72. The summed E-state index contributed by atoms with van der Waals surface area (Å²) in [6.45, 7) is 8.04. The third kappa shape index (κ3) is 6.57. The molecule has 2 bridgehead atoms. The van der Waals surface area contributed by atoms with Crippen LogP contribution in [0.3, 0.4) is 0 Å². The number of anilines is 2. The molecule has 2 saturated carbocycles. The molecule has 1 aliphatic heterocycles. The molecule has 2 fully saturated rings. The number of pyridine rings is 1. The SMILES string of the molecule is CCCC1(OC)CC2(C)CCCC(Cn3ncc(-c4ccc(N5CCc6c(F)ccc(C(=O)Nc7nc8ccccc8s7)c6C5)nc4C(=O)O)c3C)(C2)C1. The molecule has 282 valence electrons. The lowest BCUT2D eigenvalue weighted by atomic mass is 9.51. The van der Waals surface area contributed by atoms with Crippen molar-refractivity contribution in [3.63, 3.8) is 0 Å². The Kier molecular flexibility index (Phi) is 9.33. The van der Waals surface area contributed by atoms with Gasteiger partial charge in [0.05, 0.1) is 22.0 Å². The zero-order chi connectivity index (χ0) is 37.8. The Morgan fingerprint density at radius 2 is 1.87 bits per heavy atom. The highest BCUT2D eigenvalue weighted by molar-refractivity contribution is 7.22. The fourth-order valence-corrected chi connectivity index (χ4v) is 11.1.